The second-order valence-corrected chi connectivity index (χ2v) is 4.41. The molecule has 2 nitrogen and oxygen atoms in total. The lowest BCUT2D eigenvalue weighted by atomic mass is 9.87. The Morgan fingerprint density at radius 2 is 1.39 bits per heavy atom. The molecule has 92 valence electrons. The van der Waals surface area contributed by atoms with Gasteiger partial charge in [0.1, 0.15) is 0 Å². The van der Waals surface area contributed by atoms with Gasteiger partial charge in [-0.1, -0.05) is 65.8 Å². The first-order valence-electron chi connectivity index (χ1n) is 6.08. The summed E-state index contributed by atoms with van der Waals surface area (Å²) >= 11 is 0. The molecule has 0 unspecified atom stereocenters. The van der Waals surface area contributed by atoms with E-state index < -0.39 is 0 Å². The molecule has 0 aliphatic rings. The molecule has 18 heavy (non-hydrogen) atoms. The van der Waals surface area contributed by atoms with Crippen molar-refractivity contribution in [2.75, 3.05) is 0 Å². The lowest BCUT2D eigenvalue weighted by molar-refractivity contribution is 0.317. The molecule has 0 aliphatic carbocycles. The molecule has 0 fully saturated rings. The van der Waals surface area contributed by atoms with Gasteiger partial charge in [-0.2, -0.15) is 0 Å². The number of hydrogen-bond acceptors (Lipinski definition) is 2. The van der Waals surface area contributed by atoms with Gasteiger partial charge >= 0.3 is 0 Å². The Kier molecular flexibility index (Phi) is 4.13. The maximum Gasteiger partial charge on any atom is 0.0549 e. The molecule has 0 spiro atoms. The molecule has 2 rings (SSSR count). The van der Waals surface area contributed by atoms with Gasteiger partial charge in [-0.05, 0) is 24.5 Å². The fourth-order valence-corrected chi connectivity index (χ4v) is 2.14. The van der Waals surface area contributed by atoms with Crippen molar-refractivity contribution in [1.82, 2.24) is 0 Å². The monoisotopic (exact) mass is 239 g/mol. The van der Waals surface area contributed by atoms with E-state index in [2.05, 4.69) is 29.4 Å². The predicted molar refractivity (Wildman–Crippen MR) is 74.2 cm³/mol. The number of rotatable bonds is 4. The molecule has 2 aromatic rings. The maximum atomic E-state index is 8.87. The zero-order chi connectivity index (χ0) is 12.8. The van der Waals surface area contributed by atoms with E-state index in [1.54, 1.807) is 0 Å². The number of oxime groups is 1. The molecule has 0 aliphatic heterocycles. The van der Waals surface area contributed by atoms with Gasteiger partial charge in [0.2, 0.25) is 0 Å². The maximum absolute atomic E-state index is 8.87. The summed E-state index contributed by atoms with van der Waals surface area (Å²) in [5.74, 6) is 0.239. The molecule has 0 heterocycles. The topological polar surface area (TPSA) is 32.6 Å². The van der Waals surface area contributed by atoms with Crippen LogP contribution in [0.15, 0.2) is 65.8 Å². The third-order valence-corrected chi connectivity index (χ3v) is 3.07. The SMILES string of the molecule is C/C(CC(c1ccccc1)c1ccccc1)=N/O. The first kappa shape index (κ1) is 12.4. The van der Waals surface area contributed by atoms with Crippen LogP contribution < -0.4 is 0 Å². The minimum Gasteiger partial charge on any atom is -0.411 e. The minimum atomic E-state index is 0.239. The lowest BCUT2D eigenvalue weighted by Crippen LogP contribution is -2.06. The summed E-state index contributed by atoms with van der Waals surface area (Å²) in [7, 11) is 0. The van der Waals surface area contributed by atoms with E-state index in [0.29, 0.717) is 0 Å². The van der Waals surface area contributed by atoms with Gasteiger partial charge in [0, 0.05) is 5.92 Å². The van der Waals surface area contributed by atoms with Crippen LogP contribution in [0.5, 0.6) is 0 Å². The van der Waals surface area contributed by atoms with Gasteiger partial charge in [0.25, 0.3) is 0 Å². The van der Waals surface area contributed by atoms with Crippen LogP contribution in [0.2, 0.25) is 0 Å². The second kappa shape index (κ2) is 6.01. The summed E-state index contributed by atoms with van der Waals surface area (Å²) < 4.78 is 0. The second-order valence-electron chi connectivity index (χ2n) is 4.41. The highest BCUT2D eigenvalue weighted by Gasteiger charge is 2.14. The van der Waals surface area contributed by atoms with Crippen LogP contribution >= 0.6 is 0 Å². The standard InChI is InChI=1S/C16H17NO/c1-13(17-18)12-16(14-8-4-2-5-9-14)15-10-6-3-7-11-15/h2-11,16,18H,12H2,1H3/b17-13-. The van der Waals surface area contributed by atoms with Crippen LogP contribution in [0.25, 0.3) is 0 Å². The van der Waals surface area contributed by atoms with Crippen molar-refractivity contribution in [3.8, 4) is 0 Å². The van der Waals surface area contributed by atoms with Crippen LogP contribution in [0.4, 0.5) is 0 Å². The molecule has 0 aromatic heterocycles. The van der Waals surface area contributed by atoms with E-state index in [9.17, 15) is 0 Å². The van der Waals surface area contributed by atoms with Gasteiger partial charge in [-0.15, -0.1) is 0 Å². The van der Waals surface area contributed by atoms with Crippen molar-refractivity contribution < 1.29 is 5.21 Å². The van der Waals surface area contributed by atoms with Crippen LogP contribution in [0.3, 0.4) is 0 Å². The van der Waals surface area contributed by atoms with Crippen LogP contribution in [0.1, 0.15) is 30.4 Å². The zero-order valence-electron chi connectivity index (χ0n) is 10.5. The van der Waals surface area contributed by atoms with Crippen molar-refractivity contribution in [3.05, 3.63) is 71.8 Å². The number of hydrogen-bond donors (Lipinski definition) is 1. The molecule has 0 radical (unpaired) electrons. The Hall–Kier alpha value is -2.09. The summed E-state index contributed by atoms with van der Waals surface area (Å²) in [6, 6.07) is 20.6. The normalized spacial score (nSPS) is 11.8. The number of nitrogens with zero attached hydrogens (tertiary/aromatic N) is 1. The molecule has 1 N–H and O–H groups in total. The fraction of sp³-hybridized carbons (Fsp3) is 0.188. The van der Waals surface area contributed by atoms with Crippen molar-refractivity contribution >= 4 is 5.71 Å². The smallest absolute Gasteiger partial charge is 0.0549 e. The highest BCUT2D eigenvalue weighted by molar-refractivity contribution is 5.82. The molecular weight excluding hydrogens is 222 g/mol. The molecule has 0 amide bonds. The first-order chi connectivity index (χ1) is 8.81. The average molecular weight is 239 g/mol. The summed E-state index contributed by atoms with van der Waals surface area (Å²) in [4.78, 5) is 0. The van der Waals surface area contributed by atoms with E-state index in [0.717, 1.165) is 12.1 Å². The van der Waals surface area contributed by atoms with Crippen LogP contribution in [-0.2, 0) is 0 Å². The lowest BCUT2D eigenvalue weighted by Gasteiger charge is -2.17. The van der Waals surface area contributed by atoms with Crippen molar-refractivity contribution in [1.29, 1.82) is 0 Å². The summed E-state index contributed by atoms with van der Waals surface area (Å²) in [5, 5.41) is 12.2. The largest absolute Gasteiger partial charge is 0.411 e. The third kappa shape index (κ3) is 2.98. The Morgan fingerprint density at radius 3 is 1.78 bits per heavy atom. The Bertz CT molecular complexity index is 466. The zero-order valence-corrected chi connectivity index (χ0v) is 10.5. The highest BCUT2D eigenvalue weighted by atomic mass is 16.4. The summed E-state index contributed by atoms with van der Waals surface area (Å²) in [5.41, 5.74) is 3.23. The molecule has 0 atom stereocenters. The molecule has 0 saturated carbocycles. The van der Waals surface area contributed by atoms with Gasteiger partial charge in [0.15, 0.2) is 0 Å². The molecule has 0 bridgehead atoms. The van der Waals surface area contributed by atoms with E-state index in [-0.39, 0.29) is 5.92 Å². The van der Waals surface area contributed by atoms with Gasteiger partial charge in [-0.25, -0.2) is 0 Å². The summed E-state index contributed by atoms with van der Waals surface area (Å²) in [6.07, 6.45) is 0.727. The number of benzene rings is 2. The third-order valence-electron chi connectivity index (χ3n) is 3.07. The Balaban J connectivity index is 2.35. The average Bonchev–Trinajstić information content (AvgIpc) is 2.46. The Labute approximate surface area is 108 Å². The highest BCUT2D eigenvalue weighted by Crippen LogP contribution is 2.28. The Morgan fingerprint density at radius 1 is 0.944 bits per heavy atom. The predicted octanol–water partition coefficient (Wildman–Crippen LogP) is 4.06. The molecule has 2 aromatic carbocycles. The van der Waals surface area contributed by atoms with E-state index >= 15 is 0 Å². The van der Waals surface area contributed by atoms with E-state index in [1.807, 2.05) is 43.3 Å². The van der Waals surface area contributed by atoms with E-state index in [1.165, 1.54) is 11.1 Å². The molecule has 0 saturated heterocycles. The van der Waals surface area contributed by atoms with Crippen LogP contribution in [0, 0.1) is 0 Å². The van der Waals surface area contributed by atoms with Gasteiger partial charge in [0.05, 0.1) is 5.71 Å². The van der Waals surface area contributed by atoms with Gasteiger partial charge < -0.3 is 5.21 Å². The minimum absolute atomic E-state index is 0.239. The van der Waals surface area contributed by atoms with Crippen molar-refractivity contribution in [3.63, 3.8) is 0 Å². The van der Waals surface area contributed by atoms with E-state index in [4.69, 9.17) is 5.21 Å². The molecular formula is C16H17NO. The first-order valence-corrected chi connectivity index (χ1v) is 6.08. The van der Waals surface area contributed by atoms with Crippen molar-refractivity contribution in [2.45, 2.75) is 19.3 Å². The molecule has 2 heteroatoms. The van der Waals surface area contributed by atoms with Gasteiger partial charge in [-0.3, -0.25) is 0 Å². The van der Waals surface area contributed by atoms with Crippen LogP contribution in [-0.4, -0.2) is 10.9 Å². The quantitative estimate of drug-likeness (QED) is 0.487. The fourth-order valence-electron chi connectivity index (χ4n) is 2.14. The summed E-state index contributed by atoms with van der Waals surface area (Å²) in [6.45, 7) is 1.85. The van der Waals surface area contributed by atoms with Crippen molar-refractivity contribution in [2.24, 2.45) is 5.16 Å².